The average Bonchev–Trinajstić information content (AvgIpc) is 4.28. The summed E-state index contributed by atoms with van der Waals surface area (Å²) in [5, 5.41) is 38.6. The van der Waals surface area contributed by atoms with E-state index in [2.05, 4.69) is 99.0 Å². The van der Waals surface area contributed by atoms with E-state index in [4.69, 9.17) is 52.1 Å². The van der Waals surface area contributed by atoms with Crippen LogP contribution in [0, 0.1) is 5.21 Å². The van der Waals surface area contributed by atoms with Crippen LogP contribution in [0.1, 0.15) is 21.3 Å². The fourth-order valence-electron chi connectivity index (χ4n) is 10.0. The molecule has 0 aliphatic carbocycles. The fraction of sp³-hybridized carbons (Fsp3) is 0.298. The minimum absolute atomic E-state index is 0. The predicted octanol–water partition coefficient (Wildman–Crippen LogP) is 10.4. The number of piperazine rings is 2. The maximum atomic E-state index is 12.5. The van der Waals surface area contributed by atoms with Crippen LogP contribution in [-0.4, -0.2) is 153 Å². The highest BCUT2D eigenvalue weighted by atomic mass is 35.5. The molecule has 23 heteroatoms. The average molecular weight is 1120 g/mol. The zero-order valence-electron chi connectivity index (χ0n) is 44.5. The molecule has 0 radical (unpaired) electrons. The summed E-state index contributed by atoms with van der Waals surface area (Å²) in [4.78, 5) is 25.8. The van der Waals surface area contributed by atoms with Gasteiger partial charge in [-0.15, -0.1) is 20.4 Å². The van der Waals surface area contributed by atoms with E-state index in [-0.39, 0.29) is 12.1 Å². The van der Waals surface area contributed by atoms with Gasteiger partial charge in [0.25, 0.3) is 0 Å². The lowest BCUT2D eigenvalue weighted by atomic mass is 10.0. The molecule has 12 rings (SSSR count). The van der Waals surface area contributed by atoms with Gasteiger partial charge in [0, 0.05) is 106 Å². The summed E-state index contributed by atoms with van der Waals surface area (Å²) in [5.41, 5.74) is 9.53. The molecule has 414 valence electrons. The Hall–Kier alpha value is -8.34. The minimum atomic E-state index is -0.114. The van der Waals surface area contributed by atoms with Gasteiger partial charge in [-0.1, -0.05) is 37.6 Å². The van der Waals surface area contributed by atoms with Gasteiger partial charge >= 0.3 is 0 Å². The lowest BCUT2D eigenvalue weighted by Gasteiger charge is -2.48. The molecule has 2 saturated heterocycles. The second-order valence-electron chi connectivity index (χ2n) is 19.1. The molecule has 0 unspecified atom stereocenters. The van der Waals surface area contributed by atoms with E-state index in [1.54, 1.807) is 65.6 Å². The smallest absolute Gasteiger partial charge is 0.229 e. The number of halogens is 2. The number of pyridine rings is 2. The number of likely N-dealkylation sites (N-methyl/N-ethyl adjacent to an activating group) is 2. The molecule has 8 heterocycles. The number of hydrogen-bond donors (Lipinski definition) is 2. The van der Waals surface area contributed by atoms with Gasteiger partial charge in [0.1, 0.15) is 35.7 Å². The summed E-state index contributed by atoms with van der Waals surface area (Å²) in [7, 11) is 6.32. The van der Waals surface area contributed by atoms with Crippen LogP contribution in [0.3, 0.4) is 0 Å². The Bertz CT molecular complexity index is 3810. The molecule has 0 saturated carbocycles. The third-order valence-electron chi connectivity index (χ3n) is 14.7. The minimum Gasteiger partial charge on any atom is -0.633 e. The van der Waals surface area contributed by atoms with Crippen LogP contribution in [0.25, 0.3) is 55.6 Å². The van der Waals surface area contributed by atoms with Crippen molar-refractivity contribution in [1.82, 2.24) is 54.0 Å². The molecular weight excluding hydrogens is 1060 g/mol. The number of methoxy groups -OCH3 is 4. The van der Waals surface area contributed by atoms with E-state index in [0.29, 0.717) is 98.3 Å². The SMILES string of the molecule is C.CCN1CCN(c2ccc(Nc3ncc4cc(-c5cc(OC)cc(OC)c5Cl)c5nncn5c4n3)cc2)CC1.CC[N+]1([O-])CCN(c2ccc(Nc3ncc4cc(-c5cc(OC)cc(OC)c5Cl)c5nncn5c4n3)cc2)CC1. The number of aromatic nitrogens is 10. The number of fused-ring (bicyclic) bond motifs is 6. The first kappa shape index (κ1) is 55.0. The largest absolute Gasteiger partial charge is 0.633 e. The summed E-state index contributed by atoms with van der Waals surface area (Å²) < 4.78 is 25.4. The number of nitrogens with one attached hydrogen (secondary N) is 2. The van der Waals surface area contributed by atoms with Gasteiger partial charge in [0.2, 0.25) is 11.9 Å². The van der Waals surface area contributed by atoms with Gasteiger partial charge < -0.3 is 54.1 Å². The summed E-state index contributed by atoms with van der Waals surface area (Å²) in [6.45, 7) is 12.9. The van der Waals surface area contributed by atoms with Crippen molar-refractivity contribution in [3.05, 3.63) is 125 Å². The first-order chi connectivity index (χ1) is 38.5. The van der Waals surface area contributed by atoms with E-state index >= 15 is 0 Å². The van der Waals surface area contributed by atoms with E-state index in [1.807, 2.05) is 52.1 Å². The van der Waals surface area contributed by atoms with E-state index in [0.717, 1.165) is 84.8 Å². The maximum Gasteiger partial charge on any atom is 0.229 e. The van der Waals surface area contributed by atoms with Crippen molar-refractivity contribution in [1.29, 1.82) is 0 Å². The number of rotatable bonds is 14. The van der Waals surface area contributed by atoms with Crippen molar-refractivity contribution < 1.29 is 23.6 Å². The van der Waals surface area contributed by atoms with E-state index in [1.165, 1.54) is 5.69 Å². The molecule has 2 fully saturated rings. The Morgan fingerprint density at radius 2 is 0.988 bits per heavy atom. The first-order valence-electron chi connectivity index (χ1n) is 25.9. The number of ether oxygens (including phenoxy) is 4. The lowest BCUT2D eigenvalue weighted by molar-refractivity contribution is -0.879. The number of quaternary nitrogens is 1. The number of hydrogen-bond acceptors (Lipinski definition) is 18. The van der Waals surface area contributed by atoms with Gasteiger partial charge in [0.05, 0.1) is 71.2 Å². The van der Waals surface area contributed by atoms with Crippen molar-refractivity contribution in [2.45, 2.75) is 21.3 Å². The third-order valence-corrected chi connectivity index (χ3v) is 15.4. The summed E-state index contributed by atoms with van der Waals surface area (Å²) in [5.74, 6) is 3.15. The number of benzene rings is 4. The van der Waals surface area contributed by atoms with Crippen molar-refractivity contribution in [3.63, 3.8) is 0 Å². The van der Waals surface area contributed by atoms with Crippen molar-refractivity contribution >= 4 is 91.2 Å². The molecule has 2 N–H and O–H groups in total. The molecule has 0 spiro atoms. The van der Waals surface area contributed by atoms with Gasteiger partial charge in [-0.3, -0.25) is 8.80 Å². The second kappa shape index (κ2) is 23.6. The predicted molar refractivity (Wildman–Crippen MR) is 316 cm³/mol. The molecule has 2 aliphatic heterocycles. The highest BCUT2D eigenvalue weighted by Gasteiger charge is 2.25. The monoisotopic (exact) mass is 1120 g/mol. The normalized spacial score (nSPS) is 14.4. The maximum absolute atomic E-state index is 12.5. The molecule has 0 amide bonds. The summed E-state index contributed by atoms with van der Waals surface area (Å²) >= 11 is 13.4. The Morgan fingerprint density at radius 1 is 0.550 bits per heavy atom. The second-order valence-corrected chi connectivity index (χ2v) is 19.8. The molecule has 10 aromatic rings. The Balaban J connectivity index is 0.000000178. The molecule has 0 bridgehead atoms. The topological polar surface area (TPSA) is 206 Å². The highest BCUT2D eigenvalue weighted by molar-refractivity contribution is 6.35. The Kier molecular flexibility index (Phi) is 16.2. The molecule has 6 aromatic heterocycles. The zero-order chi connectivity index (χ0) is 54.8. The van der Waals surface area contributed by atoms with Crippen LogP contribution < -0.4 is 39.4 Å². The first-order valence-corrected chi connectivity index (χ1v) is 26.6. The molecule has 2 aliphatic rings. The van der Waals surface area contributed by atoms with E-state index < -0.39 is 0 Å². The van der Waals surface area contributed by atoms with Crippen molar-refractivity contribution in [2.75, 3.05) is 114 Å². The van der Waals surface area contributed by atoms with Crippen molar-refractivity contribution in [2.24, 2.45) is 0 Å². The molecule has 21 nitrogen and oxygen atoms in total. The number of hydroxylamine groups is 3. The van der Waals surface area contributed by atoms with Gasteiger partial charge in [-0.25, -0.2) is 9.97 Å². The quantitative estimate of drug-likeness (QED) is 0.0767. The zero-order valence-corrected chi connectivity index (χ0v) is 46.0. The molecule has 80 heavy (non-hydrogen) atoms. The van der Waals surface area contributed by atoms with Crippen LogP contribution in [0.15, 0.2) is 110 Å². The van der Waals surface area contributed by atoms with Crippen molar-refractivity contribution in [3.8, 4) is 45.3 Å². The molecule has 4 aromatic carbocycles. The standard InChI is InChI=1S/C28H29ClN8O3.C28H29ClN8O2.CH4/c1-4-37(38)11-9-35(10-12-37)20-7-5-19(6-8-20)32-28-30-16-18-13-23(27-34-31-17-36(27)26(18)33-28)22-14-21(39-2)15-24(40-3)25(22)29;1-4-35-9-11-36(12-10-35)20-7-5-19(6-8-20)32-28-30-16-18-13-23(27-34-31-17-37(27)26(18)33-28)22-14-21(38-2)15-24(39-3)25(22)29;/h5-8,13-17H,4,9-12H2,1-3H3,(H,30,32,33);5-8,13-17H,4,9-12H2,1-3H3,(H,30,32,33);1H4. The van der Waals surface area contributed by atoms with Gasteiger partial charge in [0.15, 0.2) is 22.6 Å². The number of anilines is 6. The highest BCUT2D eigenvalue weighted by Crippen LogP contribution is 2.43. The van der Waals surface area contributed by atoms with Crippen LogP contribution in [0.4, 0.5) is 34.6 Å². The van der Waals surface area contributed by atoms with Gasteiger partial charge in [-0.05, 0) is 86.3 Å². The van der Waals surface area contributed by atoms with Crippen LogP contribution in [-0.2, 0) is 0 Å². The number of nitrogens with zero attached hydrogens (tertiary/aromatic N) is 14. The Morgan fingerprint density at radius 3 is 1.39 bits per heavy atom. The fourth-order valence-corrected chi connectivity index (χ4v) is 10.6. The third kappa shape index (κ3) is 11.0. The van der Waals surface area contributed by atoms with Crippen LogP contribution in [0.5, 0.6) is 23.0 Å². The van der Waals surface area contributed by atoms with Gasteiger partial charge in [-0.2, -0.15) is 9.97 Å². The lowest BCUT2D eigenvalue weighted by Crippen LogP contribution is -2.56. The van der Waals surface area contributed by atoms with E-state index in [9.17, 15) is 5.21 Å². The summed E-state index contributed by atoms with van der Waals surface area (Å²) in [6, 6.07) is 27.5. The summed E-state index contributed by atoms with van der Waals surface area (Å²) in [6.07, 6.45) is 6.78. The van der Waals surface area contributed by atoms with Crippen LogP contribution in [0.2, 0.25) is 10.0 Å². The molecule has 0 atom stereocenters. The molecular formula is C57H62Cl2N16O5. The van der Waals surface area contributed by atoms with Crippen LogP contribution >= 0.6 is 23.2 Å². The Labute approximate surface area is 472 Å².